The van der Waals surface area contributed by atoms with Gasteiger partial charge in [-0.3, -0.25) is 0 Å². The molecule has 16 heavy (non-hydrogen) atoms. The van der Waals surface area contributed by atoms with Crippen molar-refractivity contribution in [2.45, 2.75) is 30.2 Å². The SMILES string of the molecule is N#Cc1ccc(S(=O)(=O)NC2CCC2)cc1. The highest BCUT2D eigenvalue weighted by Crippen LogP contribution is 2.21. The molecule has 0 unspecified atom stereocenters. The second-order valence-corrected chi connectivity index (χ2v) is 5.60. The molecule has 1 saturated carbocycles. The number of hydrogen-bond donors (Lipinski definition) is 1. The molecular weight excluding hydrogens is 224 g/mol. The van der Waals surface area contributed by atoms with Gasteiger partial charge in [-0.2, -0.15) is 5.26 Å². The number of hydrogen-bond acceptors (Lipinski definition) is 3. The Morgan fingerprint density at radius 1 is 1.25 bits per heavy atom. The summed E-state index contributed by atoms with van der Waals surface area (Å²) in [7, 11) is -3.40. The highest BCUT2D eigenvalue weighted by atomic mass is 32.2. The van der Waals surface area contributed by atoms with Crippen molar-refractivity contribution in [1.82, 2.24) is 4.72 Å². The fourth-order valence-electron chi connectivity index (χ4n) is 1.52. The quantitative estimate of drug-likeness (QED) is 0.862. The van der Waals surface area contributed by atoms with E-state index in [-0.39, 0.29) is 10.9 Å². The van der Waals surface area contributed by atoms with Gasteiger partial charge in [-0.05, 0) is 37.1 Å². The fraction of sp³-hybridized carbons (Fsp3) is 0.364. The lowest BCUT2D eigenvalue weighted by atomic mass is 9.94. The van der Waals surface area contributed by atoms with Gasteiger partial charge < -0.3 is 0 Å². The standard InChI is InChI=1S/C11H12N2O2S/c12-8-9-4-6-11(7-5-9)16(14,15)13-10-2-1-3-10/h4-7,10,13H,1-3H2. The molecule has 1 aromatic rings. The van der Waals surface area contributed by atoms with Gasteiger partial charge in [-0.25, -0.2) is 13.1 Å². The summed E-state index contributed by atoms with van der Waals surface area (Å²) in [6.07, 6.45) is 2.91. The number of benzene rings is 1. The Kier molecular flexibility index (Phi) is 2.95. The predicted octanol–water partition coefficient (Wildman–Crippen LogP) is 1.39. The van der Waals surface area contributed by atoms with Crippen LogP contribution in [-0.2, 0) is 10.0 Å². The fourth-order valence-corrected chi connectivity index (χ4v) is 2.83. The number of sulfonamides is 1. The van der Waals surface area contributed by atoms with Crippen LogP contribution < -0.4 is 4.72 Å². The number of rotatable bonds is 3. The minimum absolute atomic E-state index is 0.0839. The maximum atomic E-state index is 11.8. The predicted molar refractivity (Wildman–Crippen MR) is 59.1 cm³/mol. The minimum Gasteiger partial charge on any atom is -0.208 e. The van der Waals surface area contributed by atoms with Crippen LogP contribution >= 0.6 is 0 Å². The van der Waals surface area contributed by atoms with Gasteiger partial charge in [0.1, 0.15) is 0 Å². The average Bonchev–Trinajstić information content (AvgIpc) is 2.24. The van der Waals surface area contributed by atoms with E-state index in [0.29, 0.717) is 5.56 Å². The summed E-state index contributed by atoms with van der Waals surface area (Å²) >= 11 is 0. The van der Waals surface area contributed by atoms with Crippen molar-refractivity contribution in [1.29, 1.82) is 5.26 Å². The third-order valence-electron chi connectivity index (χ3n) is 2.72. The molecule has 1 fully saturated rings. The highest BCUT2D eigenvalue weighted by molar-refractivity contribution is 7.89. The molecule has 2 rings (SSSR count). The summed E-state index contributed by atoms with van der Waals surface area (Å²) in [4.78, 5) is 0.221. The van der Waals surface area contributed by atoms with Gasteiger partial charge in [-0.15, -0.1) is 0 Å². The number of nitrogens with zero attached hydrogens (tertiary/aromatic N) is 1. The Bertz CT molecular complexity index is 510. The average molecular weight is 236 g/mol. The first-order valence-electron chi connectivity index (χ1n) is 5.14. The van der Waals surface area contributed by atoms with Gasteiger partial charge in [0.25, 0.3) is 0 Å². The zero-order valence-corrected chi connectivity index (χ0v) is 9.50. The van der Waals surface area contributed by atoms with Gasteiger partial charge in [0.15, 0.2) is 0 Å². The van der Waals surface area contributed by atoms with Crippen LogP contribution in [-0.4, -0.2) is 14.5 Å². The first-order valence-corrected chi connectivity index (χ1v) is 6.62. The van der Waals surface area contributed by atoms with E-state index in [1.165, 1.54) is 24.3 Å². The van der Waals surface area contributed by atoms with Crippen LogP contribution in [0.2, 0.25) is 0 Å². The first kappa shape index (κ1) is 11.1. The molecule has 1 aliphatic rings. The summed E-state index contributed by atoms with van der Waals surface area (Å²) in [6.45, 7) is 0. The molecule has 0 spiro atoms. The summed E-state index contributed by atoms with van der Waals surface area (Å²) in [5.74, 6) is 0. The van der Waals surface area contributed by atoms with Gasteiger partial charge in [-0.1, -0.05) is 6.42 Å². The van der Waals surface area contributed by atoms with Crippen molar-refractivity contribution in [3.05, 3.63) is 29.8 Å². The van der Waals surface area contributed by atoms with Gasteiger partial charge in [0.2, 0.25) is 10.0 Å². The Morgan fingerprint density at radius 2 is 1.88 bits per heavy atom. The van der Waals surface area contributed by atoms with Crippen LogP contribution in [0.3, 0.4) is 0 Å². The summed E-state index contributed by atoms with van der Waals surface area (Å²) in [5.41, 5.74) is 0.461. The van der Waals surface area contributed by atoms with E-state index < -0.39 is 10.0 Å². The Hall–Kier alpha value is -1.38. The van der Waals surface area contributed by atoms with Crippen molar-refractivity contribution in [3.63, 3.8) is 0 Å². The van der Waals surface area contributed by atoms with Gasteiger partial charge in [0, 0.05) is 6.04 Å². The molecule has 5 heteroatoms. The van der Waals surface area contributed by atoms with E-state index in [1.54, 1.807) is 0 Å². The lowest BCUT2D eigenvalue weighted by Gasteiger charge is -2.26. The molecule has 0 aliphatic heterocycles. The lowest BCUT2D eigenvalue weighted by Crippen LogP contribution is -2.39. The molecule has 0 radical (unpaired) electrons. The third kappa shape index (κ3) is 2.23. The zero-order valence-electron chi connectivity index (χ0n) is 8.68. The molecule has 1 aliphatic carbocycles. The maximum Gasteiger partial charge on any atom is 0.240 e. The minimum atomic E-state index is -3.40. The second-order valence-electron chi connectivity index (χ2n) is 3.89. The Labute approximate surface area is 95.0 Å². The molecule has 4 nitrogen and oxygen atoms in total. The van der Waals surface area contributed by atoms with Crippen molar-refractivity contribution in [3.8, 4) is 6.07 Å². The number of nitriles is 1. The van der Waals surface area contributed by atoms with Crippen LogP contribution in [0.15, 0.2) is 29.2 Å². The van der Waals surface area contributed by atoms with Crippen molar-refractivity contribution < 1.29 is 8.42 Å². The molecule has 0 saturated heterocycles. The first-order chi connectivity index (χ1) is 7.62. The van der Waals surface area contributed by atoms with E-state index in [9.17, 15) is 8.42 Å². The molecule has 0 atom stereocenters. The summed E-state index contributed by atoms with van der Waals surface area (Å²) in [6, 6.07) is 7.97. The van der Waals surface area contributed by atoms with Crippen LogP contribution in [0.25, 0.3) is 0 Å². The van der Waals surface area contributed by atoms with E-state index in [4.69, 9.17) is 5.26 Å². The van der Waals surface area contributed by atoms with Crippen molar-refractivity contribution in [2.24, 2.45) is 0 Å². The second kappa shape index (κ2) is 4.24. The largest absolute Gasteiger partial charge is 0.240 e. The number of nitrogens with one attached hydrogen (secondary N) is 1. The Morgan fingerprint density at radius 3 is 2.31 bits per heavy atom. The van der Waals surface area contributed by atoms with Gasteiger partial charge in [0.05, 0.1) is 16.5 Å². The van der Waals surface area contributed by atoms with Crippen LogP contribution in [0, 0.1) is 11.3 Å². The Balaban J connectivity index is 2.18. The van der Waals surface area contributed by atoms with E-state index in [0.717, 1.165) is 19.3 Å². The van der Waals surface area contributed by atoms with E-state index >= 15 is 0 Å². The lowest BCUT2D eigenvalue weighted by molar-refractivity contribution is 0.383. The molecule has 1 aromatic carbocycles. The molecule has 1 N–H and O–H groups in total. The molecule has 0 heterocycles. The zero-order chi connectivity index (χ0) is 11.6. The summed E-state index contributed by atoms with van der Waals surface area (Å²) in [5, 5.41) is 8.61. The normalized spacial score (nSPS) is 16.4. The van der Waals surface area contributed by atoms with E-state index in [2.05, 4.69) is 4.72 Å². The van der Waals surface area contributed by atoms with Crippen LogP contribution in [0.5, 0.6) is 0 Å². The van der Waals surface area contributed by atoms with Crippen molar-refractivity contribution in [2.75, 3.05) is 0 Å². The smallest absolute Gasteiger partial charge is 0.208 e. The molecule has 84 valence electrons. The maximum absolute atomic E-state index is 11.8. The third-order valence-corrected chi connectivity index (χ3v) is 4.26. The topological polar surface area (TPSA) is 70.0 Å². The molecular formula is C11H12N2O2S. The summed E-state index contributed by atoms with van der Waals surface area (Å²) < 4.78 is 26.3. The van der Waals surface area contributed by atoms with Crippen LogP contribution in [0.4, 0.5) is 0 Å². The van der Waals surface area contributed by atoms with Gasteiger partial charge >= 0.3 is 0 Å². The monoisotopic (exact) mass is 236 g/mol. The molecule has 0 amide bonds. The van der Waals surface area contributed by atoms with Crippen molar-refractivity contribution >= 4 is 10.0 Å². The molecule has 0 aromatic heterocycles. The van der Waals surface area contributed by atoms with E-state index in [1.807, 2.05) is 6.07 Å². The highest BCUT2D eigenvalue weighted by Gasteiger charge is 2.24. The molecule has 0 bridgehead atoms. The van der Waals surface area contributed by atoms with Crippen LogP contribution in [0.1, 0.15) is 24.8 Å².